The molecule has 4 heterocycles. The van der Waals surface area contributed by atoms with Crippen molar-refractivity contribution >= 4 is 63.6 Å². The van der Waals surface area contributed by atoms with Gasteiger partial charge in [0.25, 0.3) is 11.5 Å². The van der Waals surface area contributed by atoms with Gasteiger partial charge in [-0.05, 0) is 38.0 Å². The number of aromatic nitrogens is 2. The molecule has 12 heteroatoms. The summed E-state index contributed by atoms with van der Waals surface area (Å²) in [6.45, 7) is 2.53. The number of thiocarbonyl (C=S) groups is 1. The first kappa shape index (κ1) is 25.4. The Morgan fingerprint density at radius 1 is 1.27 bits per heavy atom. The van der Waals surface area contributed by atoms with E-state index >= 15 is 0 Å². The summed E-state index contributed by atoms with van der Waals surface area (Å²) in [6, 6.07) is 4.34. The summed E-state index contributed by atoms with van der Waals surface area (Å²) >= 11 is 6.71. The Labute approximate surface area is 223 Å². The number of amides is 2. The van der Waals surface area contributed by atoms with Gasteiger partial charge < -0.3 is 15.0 Å². The topological polar surface area (TPSA) is 113 Å². The lowest BCUT2D eigenvalue weighted by molar-refractivity contribution is -0.145. The van der Waals surface area contributed by atoms with Crippen LogP contribution < -0.4 is 15.8 Å². The van der Waals surface area contributed by atoms with E-state index < -0.39 is 12.0 Å². The van der Waals surface area contributed by atoms with Crippen LogP contribution in [0.2, 0.25) is 0 Å². The number of ether oxygens (including phenoxy) is 1. The summed E-state index contributed by atoms with van der Waals surface area (Å²) in [6.07, 6.45) is 6.87. The number of piperazine rings is 1. The maximum atomic E-state index is 13.7. The second-order valence-corrected chi connectivity index (χ2v) is 10.8. The number of fused-ring (bicyclic) bond motifs is 1. The molecule has 3 aliphatic rings. The molecule has 2 aromatic rings. The van der Waals surface area contributed by atoms with Crippen LogP contribution in [0, 0.1) is 0 Å². The molecule has 2 aliphatic heterocycles. The standard InChI is InChI=1S/C25H27N5O5S2/c1-2-35-20(31)14-17-22(32)26-10-12-28(17)21-16(23(33)29-11-6-5-9-19(29)27-21)13-18-24(34)30(25(36)37-18)15-7-3-4-8-15/h5-6,9,11,13,15,17H,2-4,7-8,10,12,14H2,1H3,(H,26,32). The SMILES string of the molecule is CCOC(=O)CC1C(=O)NCCN1c1nc2ccccn2c(=O)c1C=C1SC(=S)N(C2CCCC2)C1=O. The number of pyridine rings is 1. The number of esters is 1. The third-order valence-electron chi connectivity index (χ3n) is 6.81. The largest absolute Gasteiger partial charge is 0.466 e. The number of carbonyl (C=O) groups excluding carboxylic acids is 3. The molecule has 2 amide bonds. The van der Waals surface area contributed by atoms with Crippen molar-refractivity contribution in [3.8, 4) is 0 Å². The highest BCUT2D eigenvalue weighted by Gasteiger charge is 2.39. The van der Waals surface area contributed by atoms with Crippen molar-refractivity contribution in [3.05, 3.63) is 45.2 Å². The lowest BCUT2D eigenvalue weighted by Crippen LogP contribution is -2.57. The Morgan fingerprint density at radius 3 is 2.81 bits per heavy atom. The monoisotopic (exact) mass is 541 g/mol. The van der Waals surface area contributed by atoms with Crippen LogP contribution >= 0.6 is 24.0 Å². The van der Waals surface area contributed by atoms with Gasteiger partial charge in [-0.25, -0.2) is 4.98 Å². The molecule has 0 bridgehead atoms. The van der Waals surface area contributed by atoms with E-state index in [-0.39, 0.29) is 47.8 Å². The van der Waals surface area contributed by atoms with Crippen LogP contribution in [0.15, 0.2) is 34.1 Å². The molecular formula is C25H27N5O5S2. The van der Waals surface area contributed by atoms with E-state index in [1.807, 2.05) is 0 Å². The number of rotatable bonds is 6. The fourth-order valence-electron chi connectivity index (χ4n) is 5.07. The minimum absolute atomic E-state index is 0.0773. The number of anilines is 1. The number of thioether (sulfide) groups is 1. The van der Waals surface area contributed by atoms with Gasteiger partial charge in [0.05, 0.1) is 23.5 Å². The van der Waals surface area contributed by atoms with Crippen LogP contribution in [0.4, 0.5) is 5.82 Å². The van der Waals surface area contributed by atoms with Crippen LogP contribution in [-0.4, -0.2) is 68.2 Å². The molecule has 0 spiro atoms. The molecule has 1 N–H and O–H groups in total. The van der Waals surface area contributed by atoms with E-state index in [0.717, 1.165) is 25.7 Å². The fraction of sp³-hybridized carbons (Fsp3) is 0.440. The zero-order valence-corrected chi connectivity index (χ0v) is 22.0. The van der Waals surface area contributed by atoms with Gasteiger partial charge in [-0.15, -0.1) is 0 Å². The van der Waals surface area contributed by atoms with Crippen molar-refractivity contribution in [2.24, 2.45) is 0 Å². The number of carbonyl (C=O) groups is 3. The molecule has 37 heavy (non-hydrogen) atoms. The normalized spacial score (nSPS) is 21.8. The van der Waals surface area contributed by atoms with Crippen molar-refractivity contribution in [2.75, 3.05) is 24.6 Å². The maximum absolute atomic E-state index is 13.7. The zero-order chi connectivity index (χ0) is 26.1. The molecule has 3 fully saturated rings. The third kappa shape index (κ3) is 4.87. The van der Waals surface area contributed by atoms with E-state index in [0.29, 0.717) is 28.0 Å². The molecule has 1 aliphatic carbocycles. The Morgan fingerprint density at radius 2 is 2.05 bits per heavy atom. The molecule has 5 rings (SSSR count). The summed E-state index contributed by atoms with van der Waals surface area (Å²) in [7, 11) is 0. The molecule has 1 unspecified atom stereocenters. The first-order chi connectivity index (χ1) is 17.9. The number of hydrogen-bond acceptors (Lipinski definition) is 9. The van der Waals surface area contributed by atoms with Crippen molar-refractivity contribution in [3.63, 3.8) is 0 Å². The number of hydrogen-bond donors (Lipinski definition) is 1. The first-order valence-corrected chi connectivity index (χ1v) is 13.6. The number of nitrogens with zero attached hydrogens (tertiary/aromatic N) is 4. The summed E-state index contributed by atoms with van der Waals surface area (Å²) < 4.78 is 6.97. The molecule has 0 radical (unpaired) electrons. The Kier molecular flexibility index (Phi) is 7.29. The minimum Gasteiger partial charge on any atom is -0.466 e. The lowest BCUT2D eigenvalue weighted by atomic mass is 10.1. The van der Waals surface area contributed by atoms with Crippen LogP contribution in [0.25, 0.3) is 11.7 Å². The molecule has 2 aromatic heterocycles. The summed E-state index contributed by atoms with van der Waals surface area (Å²) in [4.78, 5) is 60.7. The van der Waals surface area contributed by atoms with Crippen LogP contribution in [0.1, 0.15) is 44.6 Å². The van der Waals surface area contributed by atoms with Gasteiger partial charge in [0.2, 0.25) is 5.91 Å². The van der Waals surface area contributed by atoms with Gasteiger partial charge in [-0.1, -0.05) is 42.9 Å². The molecule has 0 aromatic carbocycles. The first-order valence-electron chi connectivity index (χ1n) is 12.4. The van der Waals surface area contributed by atoms with E-state index in [1.54, 1.807) is 41.1 Å². The lowest BCUT2D eigenvalue weighted by Gasteiger charge is -2.36. The van der Waals surface area contributed by atoms with E-state index in [4.69, 9.17) is 21.9 Å². The Bertz CT molecular complexity index is 1370. The smallest absolute Gasteiger partial charge is 0.308 e. The predicted molar refractivity (Wildman–Crippen MR) is 144 cm³/mol. The Hall–Kier alpha value is -3.25. The van der Waals surface area contributed by atoms with Crippen molar-refractivity contribution in [1.82, 2.24) is 19.6 Å². The van der Waals surface area contributed by atoms with Crippen molar-refractivity contribution in [1.29, 1.82) is 0 Å². The molecule has 1 atom stereocenters. The van der Waals surface area contributed by atoms with Crippen molar-refractivity contribution < 1.29 is 19.1 Å². The molecular weight excluding hydrogens is 514 g/mol. The quantitative estimate of drug-likeness (QED) is 0.334. The van der Waals surface area contributed by atoms with Gasteiger partial charge in [0.1, 0.15) is 21.8 Å². The summed E-state index contributed by atoms with van der Waals surface area (Å²) in [5, 5.41) is 2.78. The summed E-state index contributed by atoms with van der Waals surface area (Å²) in [5.41, 5.74) is 0.172. The van der Waals surface area contributed by atoms with Gasteiger partial charge in [0.15, 0.2) is 0 Å². The zero-order valence-electron chi connectivity index (χ0n) is 20.3. The average molecular weight is 542 g/mol. The molecule has 1 saturated carbocycles. The second-order valence-electron chi connectivity index (χ2n) is 9.08. The van der Waals surface area contributed by atoms with Gasteiger partial charge in [-0.2, -0.15) is 0 Å². The molecule has 10 nitrogen and oxygen atoms in total. The summed E-state index contributed by atoms with van der Waals surface area (Å²) in [5.74, 6) is -0.852. The molecule has 2 saturated heterocycles. The predicted octanol–water partition coefficient (Wildman–Crippen LogP) is 2.10. The van der Waals surface area contributed by atoms with Crippen molar-refractivity contribution in [2.45, 2.75) is 51.1 Å². The highest BCUT2D eigenvalue weighted by molar-refractivity contribution is 8.26. The van der Waals surface area contributed by atoms with E-state index in [9.17, 15) is 19.2 Å². The van der Waals surface area contributed by atoms with E-state index in [1.165, 1.54) is 22.2 Å². The number of nitrogens with one attached hydrogen (secondary N) is 1. The van der Waals surface area contributed by atoms with Gasteiger partial charge >= 0.3 is 5.97 Å². The second kappa shape index (κ2) is 10.6. The highest BCUT2D eigenvalue weighted by atomic mass is 32.2. The Balaban J connectivity index is 1.61. The van der Waals surface area contributed by atoms with Crippen LogP contribution in [0.5, 0.6) is 0 Å². The third-order valence-corrected chi connectivity index (χ3v) is 8.14. The van der Waals surface area contributed by atoms with Gasteiger partial charge in [0, 0.05) is 25.3 Å². The highest BCUT2D eigenvalue weighted by Crippen LogP contribution is 2.38. The van der Waals surface area contributed by atoms with Crippen LogP contribution in [-0.2, 0) is 19.1 Å². The average Bonchev–Trinajstić information content (AvgIpc) is 3.49. The van der Waals surface area contributed by atoms with Gasteiger partial charge in [-0.3, -0.25) is 28.5 Å². The van der Waals surface area contributed by atoms with E-state index in [2.05, 4.69) is 5.32 Å². The maximum Gasteiger partial charge on any atom is 0.308 e. The molecule has 194 valence electrons. The minimum atomic E-state index is -0.911. The van der Waals surface area contributed by atoms with Crippen LogP contribution in [0.3, 0.4) is 0 Å². The fourth-order valence-corrected chi connectivity index (χ4v) is 6.46.